The van der Waals surface area contributed by atoms with Gasteiger partial charge < -0.3 is 9.57 Å². The standard InChI is InChI=1S/C6H7NO3/c1-9-6(8)5-3-2-4-10-7-5/h2-4,7H,1H3. The summed E-state index contributed by atoms with van der Waals surface area (Å²) in [6.45, 7) is 0. The summed E-state index contributed by atoms with van der Waals surface area (Å²) in [7, 11) is 1.31. The lowest BCUT2D eigenvalue weighted by Gasteiger charge is -2.08. The minimum absolute atomic E-state index is 0.296. The van der Waals surface area contributed by atoms with Crippen molar-refractivity contribution >= 4 is 5.97 Å². The van der Waals surface area contributed by atoms with Crippen molar-refractivity contribution < 1.29 is 14.4 Å². The summed E-state index contributed by atoms with van der Waals surface area (Å²) in [5, 5.41) is 0. The molecule has 1 aliphatic rings. The number of esters is 1. The molecule has 0 aliphatic carbocycles. The summed E-state index contributed by atoms with van der Waals surface area (Å²) in [4.78, 5) is 15.3. The van der Waals surface area contributed by atoms with E-state index in [0.717, 1.165) is 0 Å². The van der Waals surface area contributed by atoms with Gasteiger partial charge in [0, 0.05) is 0 Å². The van der Waals surface area contributed by atoms with E-state index in [1.807, 2.05) is 0 Å². The van der Waals surface area contributed by atoms with Crippen molar-refractivity contribution in [1.82, 2.24) is 5.48 Å². The molecule has 0 amide bonds. The number of ether oxygens (including phenoxy) is 1. The van der Waals surface area contributed by atoms with Gasteiger partial charge in [0.15, 0.2) is 5.70 Å². The van der Waals surface area contributed by atoms with Gasteiger partial charge >= 0.3 is 5.97 Å². The largest absolute Gasteiger partial charge is 0.464 e. The minimum atomic E-state index is -0.440. The number of hydroxylamine groups is 1. The highest BCUT2D eigenvalue weighted by Crippen LogP contribution is 1.98. The van der Waals surface area contributed by atoms with Crippen LogP contribution in [0.25, 0.3) is 0 Å². The molecular weight excluding hydrogens is 134 g/mol. The molecule has 0 radical (unpaired) electrons. The Labute approximate surface area is 58.1 Å². The molecule has 4 heteroatoms. The summed E-state index contributed by atoms with van der Waals surface area (Å²) in [6.07, 6.45) is 4.59. The van der Waals surface area contributed by atoms with E-state index in [2.05, 4.69) is 15.1 Å². The predicted molar refractivity (Wildman–Crippen MR) is 33.5 cm³/mol. The maximum Gasteiger partial charge on any atom is 0.357 e. The normalized spacial score (nSPS) is 14.7. The van der Waals surface area contributed by atoms with Crippen LogP contribution in [0, 0.1) is 0 Å². The second-order valence-electron chi connectivity index (χ2n) is 1.62. The molecule has 1 N–H and O–H groups in total. The minimum Gasteiger partial charge on any atom is -0.464 e. The average molecular weight is 141 g/mol. The van der Waals surface area contributed by atoms with Crippen LogP contribution in [0.15, 0.2) is 24.1 Å². The maximum absolute atomic E-state index is 10.7. The molecule has 0 aromatic rings. The number of hydrogen-bond acceptors (Lipinski definition) is 4. The van der Waals surface area contributed by atoms with Crippen LogP contribution in [-0.2, 0) is 14.4 Å². The van der Waals surface area contributed by atoms with Crippen LogP contribution >= 0.6 is 0 Å². The van der Waals surface area contributed by atoms with Gasteiger partial charge in [-0.2, -0.15) is 0 Å². The van der Waals surface area contributed by atoms with E-state index < -0.39 is 5.97 Å². The lowest BCUT2D eigenvalue weighted by molar-refractivity contribution is -0.137. The first kappa shape index (κ1) is 6.67. The van der Waals surface area contributed by atoms with Crippen LogP contribution in [0.1, 0.15) is 0 Å². The van der Waals surface area contributed by atoms with Gasteiger partial charge in [0.05, 0.1) is 7.11 Å². The quantitative estimate of drug-likeness (QED) is 0.526. The first-order chi connectivity index (χ1) is 4.84. The molecule has 1 rings (SSSR count). The number of methoxy groups -OCH3 is 1. The van der Waals surface area contributed by atoms with Gasteiger partial charge in [-0.05, 0) is 12.2 Å². The Morgan fingerprint density at radius 3 is 3.10 bits per heavy atom. The molecule has 4 nitrogen and oxygen atoms in total. The van der Waals surface area contributed by atoms with Crippen molar-refractivity contribution in [1.29, 1.82) is 0 Å². The third kappa shape index (κ3) is 1.28. The van der Waals surface area contributed by atoms with Gasteiger partial charge in [0.1, 0.15) is 6.26 Å². The Morgan fingerprint density at radius 2 is 2.60 bits per heavy atom. The molecule has 0 saturated carbocycles. The summed E-state index contributed by atoms with van der Waals surface area (Å²) < 4.78 is 4.41. The second kappa shape index (κ2) is 2.91. The average Bonchev–Trinajstić information content (AvgIpc) is 2.05. The fourth-order valence-corrected chi connectivity index (χ4v) is 0.526. The number of carbonyl (C=O) groups is 1. The van der Waals surface area contributed by atoms with Crippen molar-refractivity contribution in [3.05, 3.63) is 24.1 Å². The second-order valence-corrected chi connectivity index (χ2v) is 1.62. The van der Waals surface area contributed by atoms with Crippen LogP contribution in [0.5, 0.6) is 0 Å². The fourth-order valence-electron chi connectivity index (χ4n) is 0.526. The van der Waals surface area contributed by atoms with Crippen LogP contribution in [0.3, 0.4) is 0 Å². The molecule has 10 heavy (non-hydrogen) atoms. The summed E-state index contributed by atoms with van der Waals surface area (Å²) in [5.41, 5.74) is 2.67. The highest BCUT2D eigenvalue weighted by atomic mass is 16.6. The fraction of sp³-hybridized carbons (Fsp3) is 0.167. The SMILES string of the molecule is COC(=O)C1=CC=CON1. The first-order valence-electron chi connectivity index (χ1n) is 2.71. The van der Waals surface area contributed by atoms with Gasteiger partial charge in [-0.1, -0.05) is 0 Å². The van der Waals surface area contributed by atoms with Crippen LogP contribution in [0.4, 0.5) is 0 Å². The third-order valence-electron chi connectivity index (χ3n) is 0.984. The number of carbonyl (C=O) groups excluding carboxylic acids is 1. The van der Waals surface area contributed by atoms with Crippen molar-refractivity contribution in [3.63, 3.8) is 0 Å². The Kier molecular flexibility index (Phi) is 1.94. The predicted octanol–water partition coefficient (Wildman–Crippen LogP) is 0.0918. The summed E-state index contributed by atoms with van der Waals surface area (Å²) in [5.74, 6) is -0.440. The Balaban J connectivity index is 2.62. The van der Waals surface area contributed by atoms with Crippen molar-refractivity contribution in [3.8, 4) is 0 Å². The zero-order valence-electron chi connectivity index (χ0n) is 5.46. The lowest BCUT2D eigenvalue weighted by atomic mass is 10.4. The number of rotatable bonds is 1. The van der Waals surface area contributed by atoms with Gasteiger partial charge in [-0.3, -0.25) is 0 Å². The van der Waals surface area contributed by atoms with Crippen molar-refractivity contribution in [2.24, 2.45) is 0 Å². The van der Waals surface area contributed by atoms with E-state index in [1.165, 1.54) is 13.4 Å². The summed E-state index contributed by atoms with van der Waals surface area (Å²) >= 11 is 0. The highest BCUT2D eigenvalue weighted by molar-refractivity contribution is 5.87. The van der Waals surface area contributed by atoms with E-state index in [9.17, 15) is 4.79 Å². The molecule has 54 valence electrons. The maximum atomic E-state index is 10.7. The molecule has 0 aromatic carbocycles. The van der Waals surface area contributed by atoms with E-state index >= 15 is 0 Å². The molecule has 0 aromatic heterocycles. The molecule has 0 unspecified atom stereocenters. The van der Waals surface area contributed by atoms with Crippen LogP contribution < -0.4 is 5.48 Å². The Hall–Kier alpha value is -1.45. The first-order valence-corrected chi connectivity index (χ1v) is 2.71. The Morgan fingerprint density at radius 1 is 1.80 bits per heavy atom. The lowest BCUT2D eigenvalue weighted by Crippen LogP contribution is -2.21. The summed E-state index contributed by atoms with van der Waals surface area (Å²) in [6, 6.07) is 0. The molecule has 1 aliphatic heterocycles. The van der Waals surface area contributed by atoms with Gasteiger partial charge in [0.2, 0.25) is 0 Å². The zero-order valence-corrected chi connectivity index (χ0v) is 5.46. The van der Waals surface area contributed by atoms with Gasteiger partial charge in [-0.15, -0.1) is 0 Å². The van der Waals surface area contributed by atoms with Crippen LogP contribution in [0.2, 0.25) is 0 Å². The number of nitrogens with one attached hydrogen (secondary N) is 1. The van der Waals surface area contributed by atoms with Crippen molar-refractivity contribution in [2.75, 3.05) is 7.11 Å². The smallest absolute Gasteiger partial charge is 0.357 e. The van der Waals surface area contributed by atoms with E-state index in [4.69, 9.17) is 0 Å². The molecule has 0 atom stereocenters. The third-order valence-corrected chi connectivity index (χ3v) is 0.984. The zero-order chi connectivity index (χ0) is 7.40. The molecule has 0 spiro atoms. The van der Waals surface area contributed by atoms with Gasteiger partial charge in [-0.25, -0.2) is 10.3 Å². The number of allylic oxidation sites excluding steroid dienone is 2. The van der Waals surface area contributed by atoms with Crippen molar-refractivity contribution in [2.45, 2.75) is 0 Å². The molecule has 0 fully saturated rings. The topological polar surface area (TPSA) is 47.6 Å². The monoisotopic (exact) mass is 141 g/mol. The number of hydrogen-bond donors (Lipinski definition) is 1. The highest BCUT2D eigenvalue weighted by Gasteiger charge is 2.09. The van der Waals surface area contributed by atoms with Gasteiger partial charge in [0.25, 0.3) is 0 Å². The molecular formula is C6H7NO3. The Bertz CT molecular complexity index is 195. The molecule has 0 bridgehead atoms. The van der Waals surface area contributed by atoms with E-state index in [0.29, 0.717) is 5.70 Å². The van der Waals surface area contributed by atoms with Crippen LogP contribution in [-0.4, -0.2) is 13.1 Å². The molecule has 0 saturated heterocycles. The van der Waals surface area contributed by atoms with E-state index in [-0.39, 0.29) is 0 Å². The van der Waals surface area contributed by atoms with E-state index in [1.54, 1.807) is 12.2 Å². The molecule has 1 heterocycles.